The van der Waals surface area contributed by atoms with Crippen molar-refractivity contribution in [2.75, 3.05) is 30.3 Å². The Morgan fingerprint density at radius 1 is 0.971 bits per heavy atom. The largest absolute Gasteiger partial charge is 0.366 e. The van der Waals surface area contributed by atoms with Crippen molar-refractivity contribution in [3.8, 4) is 0 Å². The zero-order valence-electron chi connectivity index (χ0n) is 19.1. The summed E-state index contributed by atoms with van der Waals surface area (Å²) in [6.07, 6.45) is 2.62. The summed E-state index contributed by atoms with van der Waals surface area (Å²) in [5, 5.41) is 7.28. The van der Waals surface area contributed by atoms with Crippen molar-refractivity contribution in [1.29, 1.82) is 0 Å². The van der Waals surface area contributed by atoms with Crippen LogP contribution < -0.4 is 16.4 Å². The van der Waals surface area contributed by atoms with Crippen LogP contribution in [0.5, 0.6) is 0 Å². The maximum absolute atomic E-state index is 12.7. The van der Waals surface area contributed by atoms with Crippen LogP contribution in [0.1, 0.15) is 38.7 Å². The van der Waals surface area contributed by atoms with Gasteiger partial charge in [-0.1, -0.05) is 36.4 Å². The molecule has 0 bridgehead atoms. The quantitative estimate of drug-likeness (QED) is 0.364. The van der Waals surface area contributed by atoms with Crippen molar-refractivity contribution in [1.82, 2.24) is 14.9 Å². The number of likely N-dealkylation sites (tertiary alicyclic amines) is 1. The summed E-state index contributed by atoms with van der Waals surface area (Å²) >= 11 is 0. The van der Waals surface area contributed by atoms with Crippen molar-refractivity contribution in [2.24, 2.45) is 5.73 Å². The van der Waals surface area contributed by atoms with Crippen molar-refractivity contribution < 1.29 is 9.59 Å². The summed E-state index contributed by atoms with van der Waals surface area (Å²) in [4.78, 5) is 35.7. The van der Waals surface area contributed by atoms with Gasteiger partial charge in [-0.3, -0.25) is 9.59 Å². The highest BCUT2D eigenvalue weighted by molar-refractivity contribution is 6.07. The Labute approximate surface area is 203 Å². The third kappa shape index (κ3) is 4.97. The maximum atomic E-state index is 12.7. The standard InChI is InChI=1S/C27H26N6O2/c28-25(34)21-11-5-12-22-24(21)29-17-30-26(22)32-23(16-33-13-6-14-33)19-9-4-10-20(15-19)31-27(35)18-7-2-1-3-8-18/h1-5,7-12,15,17,23H,6,13-14,16H2,(H2,28,34)(H,31,35)(H,29,30,32)/t23-/m1/s1. The van der Waals surface area contributed by atoms with E-state index in [4.69, 9.17) is 5.73 Å². The molecule has 0 spiro atoms. The first-order valence-electron chi connectivity index (χ1n) is 11.6. The van der Waals surface area contributed by atoms with Crippen LogP contribution in [0.3, 0.4) is 0 Å². The lowest BCUT2D eigenvalue weighted by molar-refractivity contribution is 0.0998. The predicted molar refractivity (Wildman–Crippen MR) is 136 cm³/mol. The summed E-state index contributed by atoms with van der Waals surface area (Å²) < 4.78 is 0. The molecule has 0 unspecified atom stereocenters. The lowest BCUT2D eigenvalue weighted by atomic mass is 10.0. The van der Waals surface area contributed by atoms with E-state index in [-0.39, 0.29) is 11.9 Å². The van der Waals surface area contributed by atoms with Crippen LogP contribution in [0, 0.1) is 0 Å². The Bertz CT molecular complexity index is 1370. The predicted octanol–water partition coefficient (Wildman–Crippen LogP) is 3.84. The fraction of sp³-hybridized carbons (Fsp3) is 0.185. The molecule has 1 fully saturated rings. The Morgan fingerprint density at radius 2 is 1.77 bits per heavy atom. The van der Waals surface area contributed by atoms with E-state index in [0.29, 0.717) is 22.5 Å². The number of hydrogen-bond acceptors (Lipinski definition) is 6. The summed E-state index contributed by atoms with van der Waals surface area (Å²) in [6, 6.07) is 22.2. The molecule has 1 aliphatic heterocycles. The summed E-state index contributed by atoms with van der Waals surface area (Å²) in [5.41, 5.74) is 8.76. The van der Waals surface area contributed by atoms with Crippen LogP contribution in [0.4, 0.5) is 11.5 Å². The molecule has 0 radical (unpaired) electrons. The molecule has 4 aromatic rings. The number of amides is 2. The molecule has 176 valence electrons. The zero-order chi connectivity index (χ0) is 24.2. The number of nitrogens with one attached hydrogen (secondary N) is 2. The molecule has 1 aromatic heterocycles. The summed E-state index contributed by atoms with van der Waals surface area (Å²) in [6.45, 7) is 2.86. The van der Waals surface area contributed by atoms with Crippen LogP contribution in [0.2, 0.25) is 0 Å². The van der Waals surface area contributed by atoms with Gasteiger partial charge < -0.3 is 21.3 Å². The normalized spacial score (nSPS) is 14.2. The highest BCUT2D eigenvalue weighted by Gasteiger charge is 2.22. The van der Waals surface area contributed by atoms with E-state index in [1.54, 1.807) is 24.3 Å². The second kappa shape index (κ2) is 9.90. The SMILES string of the molecule is NC(=O)c1cccc2c(N[C@H](CN3CCC3)c3cccc(NC(=O)c4ccccc4)c3)ncnc12. The monoisotopic (exact) mass is 466 g/mol. The first-order valence-corrected chi connectivity index (χ1v) is 11.6. The first kappa shape index (κ1) is 22.5. The first-order chi connectivity index (χ1) is 17.1. The molecule has 8 heteroatoms. The van der Waals surface area contributed by atoms with Crippen molar-refractivity contribution in [3.63, 3.8) is 0 Å². The van der Waals surface area contributed by atoms with E-state index in [0.717, 1.165) is 36.3 Å². The molecule has 0 saturated carbocycles. The van der Waals surface area contributed by atoms with Gasteiger partial charge in [-0.2, -0.15) is 0 Å². The van der Waals surface area contributed by atoms with Gasteiger partial charge in [0.1, 0.15) is 12.1 Å². The third-order valence-electron chi connectivity index (χ3n) is 6.21. The number of nitrogens with two attached hydrogens (primary N) is 1. The molecule has 8 nitrogen and oxygen atoms in total. The number of anilines is 2. The van der Waals surface area contributed by atoms with Crippen LogP contribution in [-0.4, -0.2) is 46.3 Å². The number of benzene rings is 3. The summed E-state index contributed by atoms with van der Waals surface area (Å²) in [7, 11) is 0. The van der Waals surface area contributed by atoms with Crippen LogP contribution in [-0.2, 0) is 0 Å². The Morgan fingerprint density at radius 3 is 2.51 bits per heavy atom. The number of aromatic nitrogens is 2. The Kier molecular flexibility index (Phi) is 6.36. The smallest absolute Gasteiger partial charge is 0.255 e. The van der Waals surface area contributed by atoms with Gasteiger partial charge >= 0.3 is 0 Å². The second-order valence-electron chi connectivity index (χ2n) is 8.58. The van der Waals surface area contributed by atoms with E-state index in [1.807, 2.05) is 48.5 Å². The highest BCUT2D eigenvalue weighted by atomic mass is 16.2. The topological polar surface area (TPSA) is 113 Å². The minimum atomic E-state index is -0.528. The number of carbonyl (C=O) groups excluding carboxylic acids is 2. The molecule has 3 aromatic carbocycles. The van der Waals surface area contributed by atoms with Crippen LogP contribution >= 0.6 is 0 Å². The highest BCUT2D eigenvalue weighted by Crippen LogP contribution is 2.28. The number of hydrogen-bond donors (Lipinski definition) is 3. The zero-order valence-corrected chi connectivity index (χ0v) is 19.1. The molecule has 35 heavy (non-hydrogen) atoms. The van der Waals surface area contributed by atoms with Crippen molar-refractivity contribution >= 4 is 34.2 Å². The molecule has 5 rings (SSSR count). The van der Waals surface area contributed by atoms with E-state index in [1.165, 1.54) is 12.7 Å². The van der Waals surface area contributed by atoms with Gasteiger partial charge in [0.2, 0.25) is 0 Å². The molecule has 2 amide bonds. The summed E-state index contributed by atoms with van der Waals surface area (Å²) in [5.74, 6) is -0.0580. The van der Waals surface area contributed by atoms with Crippen molar-refractivity contribution in [3.05, 3.63) is 95.8 Å². The lowest BCUT2D eigenvalue weighted by Crippen LogP contribution is -2.41. The average Bonchev–Trinajstić information content (AvgIpc) is 2.85. The molecule has 1 atom stereocenters. The van der Waals surface area contributed by atoms with E-state index in [2.05, 4.69) is 25.5 Å². The number of fused-ring (bicyclic) bond motifs is 1. The fourth-order valence-electron chi connectivity index (χ4n) is 4.25. The molecule has 1 saturated heterocycles. The van der Waals surface area contributed by atoms with Gasteiger partial charge in [-0.25, -0.2) is 9.97 Å². The molecule has 0 aliphatic carbocycles. The minimum Gasteiger partial charge on any atom is -0.366 e. The van der Waals surface area contributed by atoms with E-state index >= 15 is 0 Å². The number of para-hydroxylation sites is 1. The lowest BCUT2D eigenvalue weighted by Gasteiger charge is -2.35. The second-order valence-corrected chi connectivity index (χ2v) is 8.58. The van der Waals surface area contributed by atoms with Gasteiger partial charge in [0.05, 0.1) is 17.1 Å². The van der Waals surface area contributed by atoms with Gasteiger partial charge in [-0.15, -0.1) is 0 Å². The number of nitrogens with zero attached hydrogens (tertiary/aromatic N) is 3. The Balaban J connectivity index is 1.45. The molecule has 1 aliphatic rings. The van der Waals surface area contributed by atoms with Gasteiger partial charge in [0.25, 0.3) is 11.8 Å². The average molecular weight is 467 g/mol. The minimum absolute atomic E-state index is 0.0980. The van der Waals surface area contributed by atoms with Gasteiger partial charge in [0.15, 0.2) is 0 Å². The van der Waals surface area contributed by atoms with E-state index in [9.17, 15) is 9.59 Å². The van der Waals surface area contributed by atoms with Crippen LogP contribution in [0.15, 0.2) is 79.1 Å². The molecule has 4 N–H and O–H groups in total. The van der Waals surface area contributed by atoms with Gasteiger partial charge in [-0.05, 0) is 61.5 Å². The van der Waals surface area contributed by atoms with Gasteiger partial charge in [0, 0.05) is 23.2 Å². The molecular weight excluding hydrogens is 440 g/mol. The fourth-order valence-corrected chi connectivity index (χ4v) is 4.25. The number of primary amides is 1. The van der Waals surface area contributed by atoms with E-state index < -0.39 is 5.91 Å². The Hall–Kier alpha value is -4.30. The number of carbonyl (C=O) groups is 2. The number of rotatable bonds is 8. The van der Waals surface area contributed by atoms with Crippen LogP contribution in [0.25, 0.3) is 10.9 Å². The molecule has 2 heterocycles. The third-order valence-corrected chi connectivity index (χ3v) is 6.21. The maximum Gasteiger partial charge on any atom is 0.255 e. The molecular formula is C27H26N6O2. The van der Waals surface area contributed by atoms with Crippen molar-refractivity contribution in [2.45, 2.75) is 12.5 Å².